The molecule has 0 saturated carbocycles. The number of pyridine rings is 1. The predicted molar refractivity (Wildman–Crippen MR) is 88.6 cm³/mol. The van der Waals surface area contributed by atoms with Crippen LogP contribution in [0.1, 0.15) is 24.6 Å². The van der Waals surface area contributed by atoms with Gasteiger partial charge in [-0.2, -0.15) is 5.10 Å². The van der Waals surface area contributed by atoms with Gasteiger partial charge in [0.25, 0.3) is 0 Å². The Morgan fingerprint density at radius 1 is 1.27 bits per heavy atom. The zero-order valence-corrected chi connectivity index (χ0v) is 13.3. The fraction of sp³-hybridized carbons (Fsp3) is 0.438. The van der Waals surface area contributed by atoms with Crippen molar-refractivity contribution >= 4 is 5.96 Å². The number of nitrogens with one attached hydrogen (secondary N) is 2. The topological polar surface area (TPSA) is 67.1 Å². The highest BCUT2D eigenvalue weighted by Gasteiger charge is 2.00. The SMILES string of the molecule is CCNC(=NCc1ncccc1C)NCCCn1cccn1. The second-order valence-corrected chi connectivity index (χ2v) is 5.01. The summed E-state index contributed by atoms with van der Waals surface area (Å²) in [5, 5.41) is 10.8. The molecule has 0 radical (unpaired) electrons. The zero-order chi connectivity index (χ0) is 15.6. The van der Waals surface area contributed by atoms with E-state index in [1.165, 1.54) is 5.56 Å². The summed E-state index contributed by atoms with van der Waals surface area (Å²) in [5.74, 6) is 0.827. The first-order valence-corrected chi connectivity index (χ1v) is 7.69. The molecular weight excluding hydrogens is 276 g/mol. The molecule has 118 valence electrons. The molecule has 6 nitrogen and oxygen atoms in total. The van der Waals surface area contributed by atoms with E-state index in [1.807, 2.05) is 29.2 Å². The molecule has 0 spiro atoms. The summed E-state index contributed by atoms with van der Waals surface area (Å²) in [5.41, 5.74) is 2.18. The van der Waals surface area contributed by atoms with Gasteiger partial charge in [0.15, 0.2) is 5.96 Å². The van der Waals surface area contributed by atoms with Crippen LogP contribution in [0.15, 0.2) is 41.8 Å². The van der Waals surface area contributed by atoms with Crippen molar-refractivity contribution in [3.05, 3.63) is 48.0 Å². The van der Waals surface area contributed by atoms with Gasteiger partial charge in [-0.05, 0) is 38.0 Å². The second kappa shape index (κ2) is 8.81. The lowest BCUT2D eigenvalue weighted by molar-refractivity contribution is 0.570. The van der Waals surface area contributed by atoms with Gasteiger partial charge in [0, 0.05) is 38.2 Å². The Labute approximate surface area is 131 Å². The van der Waals surface area contributed by atoms with Crippen LogP contribution in [0.2, 0.25) is 0 Å². The number of aryl methyl sites for hydroxylation is 2. The molecule has 0 amide bonds. The molecule has 6 heteroatoms. The molecule has 2 heterocycles. The van der Waals surface area contributed by atoms with E-state index in [1.54, 1.807) is 6.20 Å². The van der Waals surface area contributed by atoms with E-state index < -0.39 is 0 Å². The van der Waals surface area contributed by atoms with Crippen LogP contribution in [0.3, 0.4) is 0 Å². The summed E-state index contributed by atoms with van der Waals surface area (Å²) in [4.78, 5) is 8.95. The predicted octanol–water partition coefficient (Wildman–Crippen LogP) is 1.73. The molecule has 2 rings (SSSR count). The normalized spacial score (nSPS) is 11.5. The van der Waals surface area contributed by atoms with Crippen LogP contribution in [-0.2, 0) is 13.1 Å². The summed E-state index contributed by atoms with van der Waals surface area (Å²) in [6, 6.07) is 5.94. The summed E-state index contributed by atoms with van der Waals surface area (Å²) in [6.45, 7) is 7.30. The van der Waals surface area contributed by atoms with Crippen LogP contribution in [-0.4, -0.2) is 33.8 Å². The third kappa shape index (κ3) is 5.20. The van der Waals surface area contributed by atoms with Gasteiger partial charge in [-0.15, -0.1) is 0 Å². The number of guanidine groups is 1. The average molecular weight is 300 g/mol. The van der Waals surface area contributed by atoms with Crippen molar-refractivity contribution in [2.75, 3.05) is 13.1 Å². The smallest absolute Gasteiger partial charge is 0.191 e. The first kappa shape index (κ1) is 16.0. The molecule has 0 saturated heterocycles. The molecule has 22 heavy (non-hydrogen) atoms. The van der Waals surface area contributed by atoms with Gasteiger partial charge >= 0.3 is 0 Å². The van der Waals surface area contributed by atoms with Crippen molar-refractivity contribution < 1.29 is 0 Å². The minimum absolute atomic E-state index is 0.584. The molecule has 0 unspecified atom stereocenters. The molecule has 0 bridgehead atoms. The van der Waals surface area contributed by atoms with Gasteiger partial charge in [0.05, 0.1) is 12.2 Å². The summed E-state index contributed by atoms with van der Waals surface area (Å²) in [7, 11) is 0. The molecule has 0 aliphatic carbocycles. The highest BCUT2D eigenvalue weighted by molar-refractivity contribution is 5.79. The van der Waals surface area contributed by atoms with Gasteiger partial charge in [-0.3, -0.25) is 9.67 Å². The Morgan fingerprint density at radius 3 is 2.91 bits per heavy atom. The molecule has 2 aromatic rings. The minimum atomic E-state index is 0.584. The summed E-state index contributed by atoms with van der Waals surface area (Å²) >= 11 is 0. The maximum atomic E-state index is 4.59. The third-order valence-corrected chi connectivity index (χ3v) is 3.26. The van der Waals surface area contributed by atoms with Crippen molar-refractivity contribution in [3.8, 4) is 0 Å². The molecule has 0 aromatic carbocycles. The standard InChI is InChI=1S/C16H24N6/c1-3-17-16(19-9-5-11-22-12-6-10-21-22)20-13-15-14(2)7-4-8-18-15/h4,6-8,10,12H,3,5,9,11,13H2,1-2H3,(H2,17,19,20). The number of hydrogen-bond acceptors (Lipinski definition) is 3. The van der Waals surface area contributed by atoms with Crippen LogP contribution < -0.4 is 10.6 Å². The molecule has 0 aliphatic heterocycles. The van der Waals surface area contributed by atoms with Crippen LogP contribution in [0.25, 0.3) is 0 Å². The first-order chi connectivity index (χ1) is 10.8. The maximum Gasteiger partial charge on any atom is 0.191 e. The lowest BCUT2D eigenvalue weighted by atomic mass is 10.2. The van der Waals surface area contributed by atoms with Crippen LogP contribution in [0.4, 0.5) is 0 Å². The van der Waals surface area contributed by atoms with Gasteiger partial charge in [0.1, 0.15) is 0 Å². The Balaban J connectivity index is 1.80. The van der Waals surface area contributed by atoms with Gasteiger partial charge in [-0.1, -0.05) is 6.07 Å². The number of hydrogen-bond donors (Lipinski definition) is 2. The average Bonchev–Trinajstić information content (AvgIpc) is 3.03. The van der Waals surface area contributed by atoms with Crippen LogP contribution in [0.5, 0.6) is 0 Å². The van der Waals surface area contributed by atoms with Gasteiger partial charge < -0.3 is 10.6 Å². The number of nitrogens with zero attached hydrogens (tertiary/aromatic N) is 4. The minimum Gasteiger partial charge on any atom is -0.357 e. The van der Waals surface area contributed by atoms with E-state index in [0.717, 1.165) is 37.7 Å². The van der Waals surface area contributed by atoms with E-state index >= 15 is 0 Å². The molecule has 0 atom stereocenters. The van der Waals surface area contributed by atoms with E-state index in [9.17, 15) is 0 Å². The molecule has 0 aliphatic rings. The van der Waals surface area contributed by atoms with Crippen molar-refractivity contribution in [1.29, 1.82) is 0 Å². The second-order valence-electron chi connectivity index (χ2n) is 5.01. The van der Waals surface area contributed by atoms with Gasteiger partial charge in [-0.25, -0.2) is 4.99 Å². The fourth-order valence-corrected chi connectivity index (χ4v) is 2.06. The Morgan fingerprint density at radius 2 is 2.18 bits per heavy atom. The maximum absolute atomic E-state index is 4.59. The highest BCUT2D eigenvalue weighted by atomic mass is 15.3. The van der Waals surface area contributed by atoms with Crippen molar-refractivity contribution in [2.45, 2.75) is 33.4 Å². The van der Waals surface area contributed by atoms with Crippen molar-refractivity contribution in [3.63, 3.8) is 0 Å². The summed E-state index contributed by atoms with van der Waals surface area (Å²) in [6.07, 6.45) is 6.58. The van der Waals surface area contributed by atoms with Crippen molar-refractivity contribution in [2.24, 2.45) is 4.99 Å². The van der Waals surface area contributed by atoms with E-state index in [2.05, 4.69) is 45.6 Å². The van der Waals surface area contributed by atoms with Crippen LogP contribution in [0, 0.1) is 6.92 Å². The van der Waals surface area contributed by atoms with Crippen molar-refractivity contribution in [1.82, 2.24) is 25.4 Å². The summed E-state index contributed by atoms with van der Waals surface area (Å²) < 4.78 is 1.93. The third-order valence-electron chi connectivity index (χ3n) is 3.26. The van der Waals surface area contributed by atoms with E-state index in [0.29, 0.717) is 6.54 Å². The molecule has 0 fully saturated rings. The number of aromatic nitrogens is 3. The van der Waals surface area contributed by atoms with E-state index in [4.69, 9.17) is 0 Å². The molecule has 2 N–H and O–H groups in total. The first-order valence-electron chi connectivity index (χ1n) is 7.69. The number of rotatable bonds is 7. The number of aliphatic imine (C=N–C) groups is 1. The van der Waals surface area contributed by atoms with Gasteiger partial charge in [0.2, 0.25) is 0 Å². The van der Waals surface area contributed by atoms with E-state index in [-0.39, 0.29) is 0 Å². The lowest BCUT2D eigenvalue weighted by Crippen LogP contribution is -2.38. The fourth-order valence-electron chi connectivity index (χ4n) is 2.06. The monoisotopic (exact) mass is 300 g/mol. The largest absolute Gasteiger partial charge is 0.357 e. The van der Waals surface area contributed by atoms with Crippen LogP contribution >= 0.6 is 0 Å². The Hall–Kier alpha value is -2.37. The molecule has 2 aromatic heterocycles. The Bertz CT molecular complexity index is 576. The lowest BCUT2D eigenvalue weighted by Gasteiger charge is -2.11. The zero-order valence-electron chi connectivity index (χ0n) is 13.3. The Kier molecular flexibility index (Phi) is 6.41. The quantitative estimate of drug-likeness (QED) is 0.464. The molecular formula is C16H24N6. The highest BCUT2D eigenvalue weighted by Crippen LogP contribution is 2.04.